The van der Waals surface area contributed by atoms with Crippen LogP contribution in [0, 0.1) is 11.3 Å². The van der Waals surface area contributed by atoms with Gasteiger partial charge in [-0.1, -0.05) is 12.1 Å². The minimum absolute atomic E-state index is 0.266. The first-order chi connectivity index (χ1) is 9.36. The Morgan fingerprint density at radius 2 is 1.65 bits per heavy atom. The van der Waals surface area contributed by atoms with Crippen LogP contribution in [0.5, 0.6) is 0 Å². The van der Waals surface area contributed by atoms with E-state index in [1.165, 1.54) is 24.3 Å². The lowest BCUT2D eigenvalue weighted by molar-refractivity contribution is -0.164. The van der Waals surface area contributed by atoms with Gasteiger partial charge < -0.3 is 4.74 Å². The molecule has 102 valence electrons. The molecule has 1 aromatic carbocycles. The average molecular weight is 273 g/mol. The lowest BCUT2D eigenvalue weighted by atomic mass is 9.90. The van der Waals surface area contributed by atoms with Crippen LogP contribution in [0.4, 0.5) is 0 Å². The molecular weight excluding hydrogens is 262 g/mol. The van der Waals surface area contributed by atoms with Gasteiger partial charge in [0.25, 0.3) is 5.78 Å². The number of nitriles is 1. The molecule has 0 spiro atoms. The number of rotatable bonds is 4. The number of carbonyl (C=O) groups excluding carboxylic acids is 4. The molecule has 6 nitrogen and oxygen atoms in total. The van der Waals surface area contributed by atoms with Gasteiger partial charge in [0, 0.05) is 6.92 Å². The molecule has 1 unspecified atom stereocenters. The van der Waals surface area contributed by atoms with Crippen molar-refractivity contribution in [2.45, 2.75) is 19.8 Å². The molecular formula is C14H11NO5. The fourth-order valence-electron chi connectivity index (χ4n) is 1.62. The van der Waals surface area contributed by atoms with Crippen molar-refractivity contribution in [1.82, 2.24) is 0 Å². The first-order valence-corrected chi connectivity index (χ1v) is 5.64. The molecule has 0 N–H and O–H groups in total. The van der Waals surface area contributed by atoms with Crippen molar-refractivity contribution in [2.24, 2.45) is 0 Å². The number of carbonyl (C=O) groups is 4. The van der Waals surface area contributed by atoms with Crippen LogP contribution in [-0.4, -0.2) is 23.5 Å². The molecule has 1 aromatic rings. The number of hydrogen-bond donors (Lipinski definition) is 0. The van der Waals surface area contributed by atoms with Crippen molar-refractivity contribution in [3.63, 3.8) is 0 Å². The quantitative estimate of drug-likeness (QED) is 0.458. The summed E-state index contributed by atoms with van der Waals surface area (Å²) in [6.07, 6.45) is 0. The smallest absolute Gasteiger partial charge is 0.383 e. The maximum Gasteiger partial charge on any atom is 0.383 e. The highest BCUT2D eigenvalue weighted by atomic mass is 16.6. The molecule has 0 amide bonds. The van der Waals surface area contributed by atoms with Gasteiger partial charge in [0.1, 0.15) is 11.7 Å². The molecule has 0 aromatic heterocycles. The van der Waals surface area contributed by atoms with E-state index < -0.39 is 29.4 Å². The summed E-state index contributed by atoms with van der Waals surface area (Å²) in [7, 11) is 0. The Labute approximate surface area is 115 Å². The molecule has 0 fully saturated rings. The third-order valence-corrected chi connectivity index (χ3v) is 2.48. The number of ether oxygens (including phenoxy) is 1. The third-order valence-electron chi connectivity index (χ3n) is 2.48. The first kappa shape index (κ1) is 15.2. The maximum atomic E-state index is 11.9. The van der Waals surface area contributed by atoms with Crippen LogP contribution in [0.25, 0.3) is 0 Å². The van der Waals surface area contributed by atoms with Gasteiger partial charge in [-0.05, 0) is 24.6 Å². The molecule has 0 aliphatic rings. The molecule has 0 bridgehead atoms. The zero-order chi connectivity index (χ0) is 15.3. The zero-order valence-electron chi connectivity index (χ0n) is 10.9. The van der Waals surface area contributed by atoms with Crippen LogP contribution < -0.4 is 0 Å². The van der Waals surface area contributed by atoms with Crippen LogP contribution in [0.2, 0.25) is 0 Å². The van der Waals surface area contributed by atoms with Crippen LogP contribution >= 0.6 is 0 Å². The zero-order valence-corrected chi connectivity index (χ0v) is 10.9. The summed E-state index contributed by atoms with van der Waals surface area (Å²) in [5, 5.41) is 8.68. The highest BCUT2D eigenvalue weighted by Crippen LogP contribution is 2.19. The van der Waals surface area contributed by atoms with Crippen molar-refractivity contribution >= 4 is 23.5 Å². The Morgan fingerprint density at radius 3 is 2.05 bits per heavy atom. The topological polar surface area (TPSA) is 101 Å². The normalized spacial score (nSPS) is 11.1. The highest BCUT2D eigenvalue weighted by Gasteiger charge is 2.32. The van der Waals surface area contributed by atoms with Gasteiger partial charge in [0.2, 0.25) is 0 Å². The molecule has 1 atom stereocenters. The molecule has 0 aliphatic heterocycles. The predicted octanol–water partition coefficient (Wildman–Crippen LogP) is 0.890. The summed E-state index contributed by atoms with van der Waals surface area (Å²) in [4.78, 5) is 45.5. The van der Waals surface area contributed by atoms with Gasteiger partial charge in [-0.3, -0.25) is 14.4 Å². The monoisotopic (exact) mass is 273 g/mol. The average Bonchev–Trinajstić information content (AvgIpc) is 2.38. The van der Waals surface area contributed by atoms with E-state index in [4.69, 9.17) is 5.26 Å². The van der Waals surface area contributed by atoms with E-state index >= 15 is 0 Å². The van der Waals surface area contributed by atoms with Crippen molar-refractivity contribution in [3.05, 3.63) is 35.4 Å². The molecule has 0 saturated carbocycles. The van der Waals surface area contributed by atoms with Crippen LogP contribution in [0.3, 0.4) is 0 Å². The second-order valence-electron chi connectivity index (χ2n) is 4.02. The van der Waals surface area contributed by atoms with Gasteiger partial charge in [-0.25, -0.2) is 4.79 Å². The fraction of sp³-hybridized carbons (Fsp3) is 0.214. The van der Waals surface area contributed by atoms with Gasteiger partial charge in [-0.2, -0.15) is 5.26 Å². The van der Waals surface area contributed by atoms with Crippen molar-refractivity contribution < 1.29 is 23.9 Å². The molecule has 20 heavy (non-hydrogen) atoms. The van der Waals surface area contributed by atoms with E-state index in [0.717, 1.165) is 13.8 Å². The minimum Gasteiger partial charge on any atom is -0.387 e. The minimum atomic E-state index is -1.37. The van der Waals surface area contributed by atoms with Gasteiger partial charge in [0.15, 0.2) is 0 Å². The summed E-state index contributed by atoms with van der Waals surface area (Å²) in [6.45, 7) is 2.14. The highest BCUT2D eigenvalue weighted by molar-refractivity contribution is 6.41. The maximum absolute atomic E-state index is 11.9. The Morgan fingerprint density at radius 1 is 1.10 bits per heavy atom. The number of Topliss-reactive ketones (excluding diaryl/α,β-unsaturated/α-hetero) is 2. The van der Waals surface area contributed by atoms with E-state index in [2.05, 4.69) is 4.74 Å². The standard InChI is InChI=1S/C14H11NO5/c1-8(16)12(13(18)14(19)20-9(2)17)11-5-3-10(7-15)4-6-11/h3-6,12H,1-2H3. The van der Waals surface area contributed by atoms with Crippen LogP contribution in [-0.2, 0) is 23.9 Å². The largest absolute Gasteiger partial charge is 0.387 e. The van der Waals surface area contributed by atoms with E-state index in [9.17, 15) is 19.2 Å². The summed E-state index contributed by atoms with van der Waals surface area (Å²) >= 11 is 0. The number of nitrogens with zero attached hydrogens (tertiary/aromatic N) is 1. The lowest BCUT2D eigenvalue weighted by Gasteiger charge is -2.11. The van der Waals surface area contributed by atoms with Crippen molar-refractivity contribution in [1.29, 1.82) is 5.26 Å². The van der Waals surface area contributed by atoms with E-state index in [-0.39, 0.29) is 5.56 Å². The Kier molecular flexibility index (Phi) is 4.87. The molecule has 0 aliphatic carbocycles. The Balaban J connectivity index is 3.08. The van der Waals surface area contributed by atoms with Gasteiger partial charge in [-0.15, -0.1) is 0 Å². The molecule has 1 rings (SSSR count). The summed E-state index contributed by atoms with van der Waals surface area (Å²) in [5.41, 5.74) is 0.622. The third kappa shape index (κ3) is 3.59. The fourth-order valence-corrected chi connectivity index (χ4v) is 1.62. The van der Waals surface area contributed by atoms with Crippen molar-refractivity contribution in [2.75, 3.05) is 0 Å². The van der Waals surface area contributed by atoms with E-state index in [0.29, 0.717) is 5.56 Å². The van der Waals surface area contributed by atoms with Gasteiger partial charge >= 0.3 is 11.9 Å². The first-order valence-electron chi connectivity index (χ1n) is 5.64. The summed E-state index contributed by atoms with van der Waals surface area (Å²) < 4.78 is 4.18. The molecule has 0 heterocycles. The molecule has 0 saturated heterocycles. The van der Waals surface area contributed by atoms with Crippen LogP contribution in [0.1, 0.15) is 30.9 Å². The summed E-state index contributed by atoms with van der Waals surface area (Å²) in [6, 6.07) is 7.56. The Bertz CT molecular complexity index is 609. The second kappa shape index (κ2) is 6.38. The molecule has 6 heteroatoms. The SMILES string of the molecule is CC(=O)OC(=O)C(=O)C(C(C)=O)c1ccc(C#N)cc1. The van der Waals surface area contributed by atoms with Gasteiger partial charge in [0.05, 0.1) is 11.6 Å². The van der Waals surface area contributed by atoms with Crippen LogP contribution in [0.15, 0.2) is 24.3 Å². The van der Waals surface area contributed by atoms with E-state index in [1.54, 1.807) is 0 Å². The van der Waals surface area contributed by atoms with Crippen molar-refractivity contribution in [3.8, 4) is 6.07 Å². The summed E-state index contributed by atoms with van der Waals surface area (Å²) in [5.74, 6) is -5.31. The number of hydrogen-bond acceptors (Lipinski definition) is 6. The number of esters is 2. The van der Waals surface area contributed by atoms with E-state index in [1.807, 2.05) is 6.07 Å². The predicted molar refractivity (Wildman–Crippen MR) is 66.4 cm³/mol. The number of benzene rings is 1. The number of ketones is 2. The second-order valence-corrected chi connectivity index (χ2v) is 4.02. The Hall–Kier alpha value is -2.81. The molecule has 0 radical (unpaired) electrons. The lowest BCUT2D eigenvalue weighted by Crippen LogP contribution is -2.29.